The Bertz CT molecular complexity index is 581. The molecule has 0 saturated heterocycles. The smallest absolute Gasteiger partial charge is 0.185 e. The van der Waals surface area contributed by atoms with Crippen molar-refractivity contribution in [1.29, 1.82) is 0 Å². The lowest BCUT2D eigenvalue weighted by Gasteiger charge is -2.00. The maximum Gasteiger partial charge on any atom is 0.185 e. The van der Waals surface area contributed by atoms with Crippen LogP contribution in [-0.4, -0.2) is 19.0 Å². The molecule has 0 unspecified atom stereocenters. The van der Waals surface area contributed by atoms with Gasteiger partial charge in [-0.25, -0.2) is 0 Å². The van der Waals surface area contributed by atoms with Gasteiger partial charge in [0.15, 0.2) is 5.65 Å². The minimum Gasteiger partial charge on any atom is -0.303 e. The zero-order valence-electron chi connectivity index (χ0n) is 7.66. The SMILES string of the molecule is c1cc2c3nncn3c3ccsc3n2c1. The summed E-state index contributed by atoms with van der Waals surface area (Å²) in [5.74, 6) is 0. The third kappa shape index (κ3) is 0.771. The molecule has 0 radical (unpaired) electrons. The number of aromatic nitrogens is 4. The molecule has 0 fully saturated rings. The highest BCUT2D eigenvalue weighted by Crippen LogP contribution is 2.25. The van der Waals surface area contributed by atoms with Crippen LogP contribution in [0.5, 0.6) is 0 Å². The summed E-state index contributed by atoms with van der Waals surface area (Å²) >= 11 is 1.73. The van der Waals surface area contributed by atoms with Gasteiger partial charge in [0.2, 0.25) is 0 Å². The third-order valence-electron chi connectivity index (χ3n) is 2.63. The van der Waals surface area contributed by atoms with Gasteiger partial charge in [0.05, 0.1) is 11.0 Å². The van der Waals surface area contributed by atoms with Crippen LogP contribution in [0.3, 0.4) is 0 Å². The van der Waals surface area contributed by atoms with E-state index in [9.17, 15) is 0 Å². The van der Waals surface area contributed by atoms with E-state index < -0.39 is 0 Å². The molecule has 0 atom stereocenters. The Labute approximate surface area is 88.4 Å². The lowest BCUT2D eigenvalue weighted by molar-refractivity contribution is 1.11. The number of hydrogen-bond donors (Lipinski definition) is 0. The molecule has 5 heteroatoms. The molecule has 72 valence electrons. The van der Waals surface area contributed by atoms with Crippen molar-refractivity contribution in [3.05, 3.63) is 36.1 Å². The van der Waals surface area contributed by atoms with Gasteiger partial charge in [0.1, 0.15) is 11.2 Å². The van der Waals surface area contributed by atoms with Crippen molar-refractivity contribution in [2.45, 2.75) is 0 Å². The minimum absolute atomic E-state index is 0.908. The first kappa shape index (κ1) is 7.42. The van der Waals surface area contributed by atoms with Crippen molar-refractivity contribution in [2.24, 2.45) is 0 Å². The van der Waals surface area contributed by atoms with Gasteiger partial charge in [-0.15, -0.1) is 21.5 Å². The molecular formula is C10H6N4S. The van der Waals surface area contributed by atoms with Crippen molar-refractivity contribution in [3.63, 3.8) is 0 Å². The second-order valence-corrected chi connectivity index (χ2v) is 4.29. The van der Waals surface area contributed by atoms with Gasteiger partial charge < -0.3 is 4.40 Å². The zero-order valence-corrected chi connectivity index (χ0v) is 8.48. The Hall–Kier alpha value is -1.88. The Morgan fingerprint density at radius 2 is 2.13 bits per heavy atom. The van der Waals surface area contributed by atoms with Crippen LogP contribution < -0.4 is 0 Å². The molecule has 4 aromatic rings. The summed E-state index contributed by atoms with van der Waals surface area (Å²) in [6.45, 7) is 0. The largest absolute Gasteiger partial charge is 0.303 e. The van der Waals surface area contributed by atoms with Crippen LogP contribution in [-0.2, 0) is 0 Å². The fraction of sp³-hybridized carbons (Fsp3) is 0. The van der Waals surface area contributed by atoms with E-state index in [1.54, 1.807) is 17.7 Å². The minimum atomic E-state index is 0.908. The van der Waals surface area contributed by atoms with Gasteiger partial charge in [-0.1, -0.05) is 0 Å². The van der Waals surface area contributed by atoms with Crippen LogP contribution in [0.2, 0.25) is 0 Å². The van der Waals surface area contributed by atoms with Crippen LogP contribution in [0, 0.1) is 0 Å². The van der Waals surface area contributed by atoms with E-state index in [1.165, 1.54) is 4.83 Å². The third-order valence-corrected chi connectivity index (χ3v) is 3.53. The Balaban J connectivity index is 2.56. The van der Waals surface area contributed by atoms with Gasteiger partial charge >= 0.3 is 0 Å². The molecule has 0 aliphatic heterocycles. The second-order valence-electron chi connectivity index (χ2n) is 3.40. The fourth-order valence-electron chi connectivity index (χ4n) is 1.98. The summed E-state index contributed by atoms with van der Waals surface area (Å²) < 4.78 is 4.19. The monoisotopic (exact) mass is 214 g/mol. The standard InChI is InChI=1S/C10H6N4S/c1-2-7-9-12-11-6-14(9)8-3-5-15-10(8)13(7)4-1/h1-6H. The maximum atomic E-state index is 4.15. The summed E-state index contributed by atoms with van der Waals surface area (Å²) in [5.41, 5.74) is 3.16. The summed E-state index contributed by atoms with van der Waals surface area (Å²) in [5, 5.41) is 10.2. The molecule has 4 heterocycles. The van der Waals surface area contributed by atoms with E-state index in [4.69, 9.17) is 0 Å². The predicted octanol–water partition coefficient (Wildman–Crippen LogP) is 2.20. The Kier molecular flexibility index (Phi) is 1.17. The zero-order chi connectivity index (χ0) is 9.83. The summed E-state index contributed by atoms with van der Waals surface area (Å²) in [6, 6.07) is 6.18. The van der Waals surface area contributed by atoms with Crippen molar-refractivity contribution < 1.29 is 0 Å². The molecule has 15 heavy (non-hydrogen) atoms. The summed E-state index contributed by atoms with van der Waals surface area (Å²) in [6.07, 6.45) is 3.82. The van der Waals surface area contributed by atoms with Gasteiger partial charge in [-0.05, 0) is 23.6 Å². The second kappa shape index (κ2) is 2.38. The quantitative estimate of drug-likeness (QED) is 0.449. The van der Waals surface area contributed by atoms with Gasteiger partial charge in [-0.3, -0.25) is 4.40 Å². The molecule has 0 aliphatic carbocycles. The molecule has 0 spiro atoms. The number of hydrogen-bond acceptors (Lipinski definition) is 3. The number of rotatable bonds is 0. The number of nitrogens with zero attached hydrogens (tertiary/aromatic N) is 4. The summed E-state index contributed by atoms with van der Waals surface area (Å²) in [7, 11) is 0. The van der Waals surface area contributed by atoms with Crippen LogP contribution in [0.25, 0.3) is 21.5 Å². The Morgan fingerprint density at radius 3 is 3.13 bits per heavy atom. The highest BCUT2D eigenvalue weighted by atomic mass is 32.1. The summed E-state index contributed by atoms with van der Waals surface area (Å²) in [4.78, 5) is 1.22. The molecule has 0 amide bonds. The highest BCUT2D eigenvalue weighted by Gasteiger charge is 2.09. The van der Waals surface area contributed by atoms with Crippen molar-refractivity contribution in [1.82, 2.24) is 19.0 Å². The lowest BCUT2D eigenvalue weighted by atomic mass is 10.4. The number of thiophene rings is 1. The molecule has 0 N–H and O–H groups in total. The molecule has 0 aliphatic rings. The Morgan fingerprint density at radius 1 is 1.13 bits per heavy atom. The molecule has 0 saturated carbocycles. The first-order valence-electron chi connectivity index (χ1n) is 4.61. The molecule has 4 rings (SSSR count). The van der Waals surface area contributed by atoms with E-state index in [0.717, 1.165) is 16.7 Å². The molecular weight excluding hydrogens is 208 g/mol. The van der Waals surface area contributed by atoms with E-state index in [2.05, 4.69) is 38.3 Å². The van der Waals surface area contributed by atoms with Crippen LogP contribution in [0.1, 0.15) is 0 Å². The predicted molar refractivity (Wildman–Crippen MR) is 59.3 cm³/mol. The molecule has 0 bridgehead atoms. The van der Waals surface area contributed by atoms with Gasteiger partial charge in [0, 0.05) is 6.20 Å². The van der Waals surface area contributed by atoms with E-state index in [-0.39, 0.29) is 0 Å². The van der Waals surface area contributed by atoms with Crippen molar-refractivity contribution in [3.8, 4) is 0 Å². The van der Waals surface area contributed by atoms with Crippen LogP contribution >= 0.6 is 11.3 Å². The topological polar surface area (TPSA) is 34.6 Å². The fourth-order valence-corrected chi connectivity index (χ4v) is 2.87. The molecule has 4 nitrogen and oxygen atoms in total. The van der Waals surface area contributed by atoms with Gasteiger partial charge in [0.25, 0.3) is 0 Å². The van der Waals surface area contributed by atoms with Crippen LogP contribution in [0.15, 0.2) is 36.1 Å². The van der Waals surface area contributed by atoms with Crippen molar-refractivity contribution in [2.75, 3.05) is 0 Å². The van der Waals surface area contributed by atoms with E-state index in [1.807, 2.05) is 10.5 Å². The normalized spacial score (nSPS) is 12.0. The first-order valence-corrected chi connectivity index (χ1v) is 5.49. The number of fused-ring (bicyclic) bond motifs is 6. The highest BCUT2D eigenvalue weighted by molar-refractivity contribution is 7.16. The molecule has 4 aromatic heterocycles. The van der Waals surface area contributed by atoms with E-state index in [0.29, 0.717) is 0 Å². The van der Waals surface area contributed by atoms with Gasteiger partial charge in [-0.2, -0.15) is 0 Å². The maximum absolute atomic E-state index is 4.15. The molecule has 0 aromatic carbocycles. The van der Waals surface area contributed by atoms with E-state index >= 15 is 0 Å². The average Bonchev–Trinajstić information content (AvgIpc) is 2.97. The van der Waals surface area contributed by atoms with Crippen LogP contribution in [0.4, 0.5) is 0 Å². The van der Waals surface area contributed by atoms with Crippen molar-refractivity contribution >= 4 is 32.8 Å². The average molecular weight is 214 g/mol. The lowest BCUT2D eigenvalue weighted by Crippen LogP contribution is -1.91. The first-order chi connectivity index (χ1) is 7.45.